The van der Waals surface area contributed by atoms with Gasteiger partial charge in [-0.05, 0) is 61.0 Å². The second-order valence-corrected chi connectivity index (χ2v) is 10.5. The lowest BCUT2D eigenvalue weighted by Crippen LogP contribution is -2.43. The molecule has 6 nitrogen and oxygen atoms in total. The molecule has 0 aliphatic carbocycles. The van der Waals surface area contributed by atoms with Gasteiger partial charge in [-0.2, -0.15) is 0 Å². The predicted octanol–water partition coefficient (Wildman–Crippen LogP) is 4.41. The van der Waals surface area contributed by atoms with Crippen LogP contribution >= 0.6 is 0 Å². The van der Waals surface area contributed by atoms with Crippen LogP contribution in [0, 0.1) is 11.3 Å². The standard InChI is InChI=1S/C29H39N3O3/c1-22(2)28(34)30-26(24-7-5-4-6-8-24)13-16-31-17-14-29(15-18-31)19-27(33)32(21-29)20-23-9-11-25(35-3)12-10-23/h4-12,22,26H,13-21H2,1-3H3,(H,30,34). The van der Waals surface area contributed by atoms with Gasteiger partial charge in [0.25, 0.3) is 0 Å². The van der Waals surface area contributed by atoms with Crippen molar-refractivity contribution in [1.29, 1.82) is 0 Å². The molecule has 0 aromatic heterocycles. The zero-order valence-corrected chi connectivity index (χ0v) is 21.3. The van der Waals surface area contributed by atoms with Crippen molar-refractivity contribution < 1.29 is 14.3 Å². The zero-order chi connectivity index (χ0) is 24.8. The smallest absolute Gasteiger partial charge is 0.223 e. The SMILES string of the molecule is COc1ccc(CN2CC3(CCN(CCC(NC(=O)C(C)C)c4ccccc4)CC3)CC2=O)cc1. The molecule has 0 bridgehead atoms. The summed E-state index contributed by atoms with van der Waals surface area (Å²) in [7, 11) is 1.67. The summed E-state index contributed by atoms with van der Waals surface area (Å²) < 4.78 is 5.24. The fraction of sp³-hybridized carbons (Fsp3) is 0.517. The van der Waals surface area contributed by atoms with Crippen LogP contribution in [-0.2, 0) is 16.1 Å². The molecular formula is C29H39N3O3. The van der Waals surface area contributed by atoms with Gasteiger partial charge in [-0.3, -0.25) is 9.59 Å². The first-order chi connectivity index (χ1) is 16.9. The van der Waals surface area contributed by atoms with Crippen LogP contribution in [0.25, 0.3) is 0 Å². The second kappa shape index (κ2) is 11.3. The molecule has 2 aromatic carbocycles. The number of hydrogen-bond acceptors (Lipinski definition) is 4. The van der Waals surface area contributed by atoms with Gasteiger partial charge in [0, 0.05) is 32.0 Å². The number of likely N-dealkylation sites (tertiary alicyclic amines) is 2. The summed E-state index contributed by atoms with van der Waals surface area (Å²) in [5.74, 6) is 1.17. The fourth-order valence-corrected chi connectivity index (χ4v) is 5.32. The minimum Gasteiger partial charge on any atom is -0.497 e. The lowest BCUT2D eigenvalue weighted by Gasteiger charge is -2.39. The predicted molar refractivity (Wildman–Crippen MR) is 138 cm³/mol. The Morgan fingerprint density at radius 2 is 1.74 bits per heavy atom. The largest absolute Gasteiger partial charge is 0.497 e. The molecule has 1 unspecified atom stereocenters. The van der Waals surface area contributed by atoms with Crippen molar-refractivity contribution in [2.75, 3.05) is 33.3 Å². The first-order valence-electron chi connectivity index (χ1n) is 12.9. The highest BCUT2D eigenvalue weighted by Crippen LogP contribution is 2.41. The van der Waals surface area contributed by atoms with E-state index < -0.39 is 0 Å². The summed E-state index contributed by atoms with van der Waals surface area (Å²) >= 11 is 0. The number of amides is 2. The number of methoxy groups -OCH3 is 1. The van der Waals surface area contributed by atoms with Crippen LogP contribution in [0.4, 0.5) is 0 Å². The summed E-state index contributed by atoms with van der Waals surface area (Å²) in [5.41, 5.74) is 2.40. The van der Waals surface area contributed by atoms with Crippen LogP contribution in [-0.4, -0.2) is 54.9 Å². The minimum atomic E-state index is -0.0307. The molecule has 2 saturated heterocycles. The fourth-order valence-electron chi connectivity index (χ4n) is 5.32. The number of nitrogens with one attached hydrogen (secondary N) is 1. The monoisotopic (exact) mass is 477 g/mol. The number of hydrogen-bond donors (Lipinski definition) is 1. The minimum absolute atomic E-state index is 0.0232. The van der Waals surface area contributed by atoms with Gasteiger partial charge >= 0.3 is 0 Å². The van der Waals surface area contributed by atoms with Crippen molar-refractivity contribution in [2.45, 2.75) is 52.1 Å². The summed E-state index contributed by atoms with van der Waals surface area (Å²) in [6, 6.07) is 18.3. The maximum absolute atomic E-state index is 12.8. The molecule has 2 aliphatic heterocycles. The molecule has 2 heterocycles. The van der Waals surface area contributed by atoms with Crippen LogP contribution < -0.4 is 10.1 Å². The van der Waals surface area contributed by atoms with Crippen LogP contribution in [0.5, 0.6) is 5.75 Å². The Morgan fingerprint density at radius 3 is 2.37 bits per heavy atom. The lowest BCUT2D eigenvalue weighted by atomic mass is 9.77. The van der Waals surface area contributed by atoms with Crippen LogP contribution in [0.1, 0.15) is 56.7 Å². The number of carbonyl (C=O) groups is 2. The maximum Gasteiger partial charge on any atom is 0.223 e. The van der Waals surface area contributed by atoms with Crippen molar-refractivity contribution in [3.05, 3.63) is 65.7 Å². The third-order valence-electron chi connectivity index (χ3n) is 7.63. The van der Waals surface area contributed by atoms with Crippen LogP contribution in [0.2, 0.25) is 0 Å². The molecule has 2 fully saturated rings. The molecule has 1 spiro atoms. The van der Waals surface area contributed by atoms with Gasteiger partial charge in [-0.1, -0.05) is 56.3 Å². The number of piperidine rings is 1. The Kier molecular flexibility index (Phi) is 8.11. The first-order valence-corrected chi connectivity index (χ1v) is 12.9. The summed E-state index contributed by atoms with van der Waals surface area (Å²) in [4.78, 5) is 29.8. The second-order valence-electron chi connectivity index (χ2n) is 10.5. The summed E-state index contributed by atoms with van der Waals surface area (Å²) in [6.07, 6.45) is 3.64. The van der Waals surface area contributed by atoms with E-state index in [0.29, 0.717) is 13.0 Å². The molecule has 188 valence electrons. The van der Waals surface area contributed by atoms with Gasteiger partial charge in [-0.25, -0.2) is 0 Å². The van der Waals surface area contributed by atoms with Gasteiger partial charge in [0.2, 0.25) is 11.8 Å². The Hall–Kier alpha value is -2.86. The molecule has 0 radical (unpaired) electrons. The van der Waals surface area contributed by atoms with Gasteiger partial charge in [0.05, 0.1) is 13.2 Å². The van der Waals surface area contributed by atoms with E-state index in [0.717, 1.165) is 62.3 Å². The van der Waals surface area contributed by atoms with Crippen molar-refractivity contribution in [3.8, 4) is 5.75 Å². The third-order valence-corrected chi connectivity index (χ3v) is 7.63. The van der Waals surface area contributed by atoms with Crippen LogP contribution in [0.3, 0.4) is 0 Å². The van der Waals surface area contributed by atoms with E-state index in [1.807, 2.05) is 61.2 Å². The van der Waals surface area contributed by atoms with Crippen LogP contribution in [0.15, 0.2) is 54.6 Å². The van der Waals surface area contributed by atoms with E-state index in [1.165, 1.54) is 0 Å². The highest BCUT2D eigenvalue weighted by molar-refractivity contribution is 5.79. The van der Waals surface area contributed by atoms with Crippen molar-refractivity contribution in [1.82, 2.24) is 15.1 Å². The highest BCUT2D eigenvalue weighted by atomic mass is 16.5. The summed E-state index contributed by atoms with van der Waals surface area (Å²) in [5, 5.41) is 3.24. The number of rotatable bonds is 9. The van der Waals surface area contributed by atoms with E-state index in [9.17, 15) is 9.59 Å². The molecule has 6 heteroatoms. The van der Waals surface area contributed by atoms with Crippen molar-refractivity contribution in [3.63, 3.8) is 0 Å². The maximum atomic E-state index is 12.8. The molecule has 35 heavy (non-hydrogen) atoms. The normalized spacial score (nSPS) is 18.7. The summed E-state index contributed by atoms with van der Waals surface area (Å²) in [6.45, 7) is 8.33. The topological polar surface area (TPSA) is 61.9 Å². The van der Waals surface area contributed by atoms with Gasteiger partial charge in [-0.15, -0.1) is 0 Å². The van der Waals surface area contributed by atoms with Gasteiger partial charge < -0.3 is 19.9 Å². The van der Waals surface area contributed by atoms with E-state index in [2.05, 4.69) is 22.3 Å². The number of carbonyl (C=O) groups excluding carboxylic acids is 2. The zero-order valence-electron chi connectivity index (χ0n) is 21.3. The molecule has 1 N–H and O–H groups in total. The quantitative estimate of drug-likeness (QED) is 0.581. The Morgan fingerprint density at radius 1 is 1.06 bits per heavy atom. The molecular weight excluding hydrogens is 438 g/mol. The van der Waals surface area contributed by atoms with Crippen molar-refractivity contribution in [2.24, 2.45) is 11.3 Å². The Balaban J connectivity index is 1.29. The number of nitrogens with zero attached hydrogens (tertiary/aromatic N) is 2. The molecule has 2 aromatic rings. The average Bonchev–Trinajstić information content (AvgIpc) is 3.17. The molecule has 4 rings (SSSR count). The van der Waals surface area contributed by atoms with Crippen molar-refractivity contribution >= 4 is 11.8 Å². The average molecular weight is 478 g/mol. The highest BCUT2D eigenvalue weighted by Gasteiger charge is 2.44. The third kappa shape index (κ3) is 6.43. The number of ether oxygens (including phenoxy) is 1. The number of benzene rings is 2. The van der Waals surface area contributed by atoms with E-state index in [-0.39, 0.29) is 29.2 Å². The molecule has 1 atom stereocenters. The molecule has 2 amide bonds. The van der Waals surface area contributed by atoms with E-state index in [4.69, 9.17) is 4.74 Å². The first kappa shape index (κ1) is 25.2. The van der Waals surface area contributed by atoms with Gasteiger partial charge in [0.15, 0.2) is 0 Å². The Bertz CT molecular complexity index is 982. The Labute approximate surface area is 209 Å². The van der Waals surface area contributed by atoms with E-state index >= 15 is 0 Å². The van der Waals surface area contributed by atoms with Gasteiger partial charge in [0.1, 0.15) is 5.75 Å². The van der Waals surface area contributed by atoms with E-state index in [1.54, 1.807) is 7.11 Å². The lowest BCUT2D eigenvalue weighted by molar-refractivity contribution is -0.128. The molecule has 0 saturated carbocycles. The molecule has 2 aliphatic rings.